The number of anilines is 1. The average Bonchev–Trinajstić information content (AvgIpc) is 2.72. The zero-order valence-electron chi connectivity index (χ0n) is 10.9. The molecular formula is C14H18Cl2N2O. The number of rotatable bonds is 3. The normalized spacial score (nSPS) is 17.5. The molecule has 3 N–H and O–H groups in total. The van der Waals surface area contributed by atoms with E-state index in [0.717, 1.165) is 31.2 Å². The smallest absolute Gasteiger partial charge is 0.226 e. The van der Waals surface area contributed by atoms with Gasteiger partial charge in [-0.1, -0.05) is 36.0 Å². The van der Waals surface area contributed by atoms with Crippen molar-refractivity contribution in [2.45, 2.75) is 44.6 Å². The van der Waals surface area contributed by atoms with Crippen LogP contribution in [0, 0.1) is 6.92 Å². The summed E-state index contributed by atoms with van der Waals surface area (Å²) in [6.07, 6.45) is 4.34. The van der Waals surface area contributed by atoms with Gasteiger partial charge in [0.15, 0.2) is 0 Å². The van der Waals surface area contributed by atoms with Crippen molar-refractivity contribution in [2.24, 2.45) is 5.73 Å². The summed E-state index contributed by atoms with van der Waals surface area (Å²) in [6, 6.07) is 3.42. The van der Waals surface area contributed by atoms with Gasteiger partial charge in [-0.3, -0.25) is 4.79 Å². The fraction of sp³-hybridized carbons (Fsp3) is 0.500. The van der Waals surface area contributed by atoms with Crippen LogP contribution in [-0.2, 0) is 4.79 Å². The molecule has 3 nitrogen and oxygen atoms in total. The molecule has 5 heteroatoms. The molecule has 0 saturated heterocycles. The fourth-order valence-electron chi connectivity index (χ4n) is 2.51. The first kappa shape index (κ1) is 14.6. The number of benzene rings is 1. The second-order valence-electron chi connectivity index (χ2n) is 5.38. The van der Waals surface area contributed by atoms with Crippen molar-refractivity contribution in [3.05, 3.63) is 27.7 Å². The summed E-state index contributed by atoms with van der Waals surface area (Å²) in [7, 11) is 0. The third-order valence-corrected chi connectivity index (χ3v) is 4.35. The van der Waals surface area contributed by atoms with Crippen LogP contribution >= 0.6 is 23.2 Å². The van der Waals surface area contributed by atoms with Gasteiger partial charge >= 0.3 is 0 Å². The Hall–Kier alpha value is -0.770. The van der Waals surface area contributed by atoms with Crippen molar-refractivity contribution < 1.29 is 4.79 Å². The number of nitrogens with two attached hydrogens (primary N) is 1. The number of hydrogen-bond donors (Lipinski definition) is 2. The van der Waals surface area contributed by atoms with Crippen LogP contribution in [0.15, 0.2) is 12.1 Å². The van der Waals surface area contributed by atoms with Crippen LogP contribution in [0.1, 0.15) is 37.7 Å². The molecule has 1 fully saturated rings. The van der Waals surface area contributed by atoms with E-state index in [-0.39, 0.29) is 11.4 Å². The molecule has 0 spiro atoms. The summed E-state index contributed by atoms with van der Waals surface area (Å²) in [5.41, 5.74) is 7.26. The maximum Gasteiger partial charge on any atom is 0.226 e. The molecule has 1 amide bonds. The van der Waals surface area contributed by atoms with Crippen molar-refractivity contribution in [1.82, 2.24) is 0 Å². The minimum Gasteiger partial charge on any atom is -0.325 e. The van der Waals surface area contributed by atoms with Crippen LogP contribution in [0.5, 0.6) is 0 Å². The molecule has 0 bridgehead atoms. The molecular weight excluding hydrogens is 283 g/mol. The van der Waals surface area contributed by atoms with Gasteiger partial charge in [-0.2, -0.15) is 0 Å². The van der Waals surface area contributed by atoms with Crippen LogP contribution in [0.25, 0.3) is 0 Å². The molecule has 0 aromatic heterocycles. The third-order valence-electron chi connectivity index (χ3n) is 3.63. The topological polar surface area (TPSA) is 55.1 Å². The number of carbonyl (C=O) groups is 1. The van der Waals surface area contributed by atoms with Gasteiger partial charge < -0.3 is 11.1 Å². The summed E-state index contributed by atoms with van der Waals surface area (Å²) in [4.78, 5) is 12.0. The van der Waals surface area contributed by atoms with Gasteiger partial charge in [-0.05, 0) is 37.5 Å². The molecule has 0 radical (unpaired) electrons. The van der Waals surface area contributed by atoms with E-state index in [0.29, 0.717) is 22.2 Å². The van der Waals surface area contributed by atoms with Crippen LogP contribution in [-0.4, -0.2) is 11.4 Å². The van der Waals surface area contributed by atoms with Crippen molar-refractivity contribution in [2.75, 3.05) is 5.32 Å². The largest absolute Gasteiger partial charge is 0.325 e. The Morgan fingerprint density at radius 2 is 1.95 bits per heavy atom. The highest BCUT2D eigenvalue weighted by Crippen LogP contribution is 2.32. The molecule has 19 heavy (non-hydrogen) atoms. The number of nitrogens with one attached hydrogen (secondary N) is 1. The van der Waals surface area contributed by atoms with E-state index in [2.05, 4.69) is 5.32 Å². The lowest BCUT2D eigenvalue weighted by Gasteiger charge is -2.22. The number of hydrogen-bond acceptors (Lipinski definition) is 2. The highest BCUT2D eigenvalue weighted by atomic mass is 35.5. The van der Waals surface area contributed by atoms with Gasteiger partial charge in [0.05, 0.1) is 10.7 Å². The predicted octanol–water partition coefficient (Wildman–Crippen LogP) is 3.90. The van der Waals surface area contributed by atoms with Crippen LogP contribution < -0.4 is 11.1 Å². The number of carbonyl (C=O) groups excluding carboxylic acids is 1. The number of halogens is 2. The van der Waals surface area contributed by atoms with Gasteiger partial charge in [0.2, 0.25) is 5.91 Å². The highest BCUT2D eigenvalue weighted by Gasteiger charge is 2.31. The second-order valence-corrected chi connectivity index (χ2v) is 6.19. The lowest BCUT2D eigenvalue weighted by atomic mass is 9.94. The van der Waals surface area contributed by atoms with Crippen LogP contribution in [0.2, 0.25) is 10.0 Å². The van der Waals surface area contributed by atoms with E-state index in [1.165, 1.54) is 0 Å². The van der Waals surface area contributed by atoms with E-state index in [4.69, 9.17) is 28.9 Å². The van der Waals surface area contributed by atoms with Gasteiger partial charge in [0.25, 0.3) is 0 Å². The monoisotopic (exact) mass is 300 g/mol. The first-order valence-corrected chi connectivity index (χ1v) is 7.20. The molecule has 1 aliphatic carbocycles. The molecule has 0 heterocycles. The Morgan fingerprint density at radius 3 is 2.58 bits per heavy atom. The summed E-state index contributed by atoms with van der Waals surface area (Å²) in [6.45, 7) is 1.87. The van der Waals surface area contributed by atoms with E-state index in [1.54, 1.807) is 12.1 Å². The molecule has 1 aromatic carbocycles. The van der Waals surface area contributed by atoms with Crippen molar-refractivity contribution in [3.63, 3.8) is 0 Å². The molecule has 1 aromatic rings. The van der Waals surface area contributed by atoms with Gasteiger partial charge in [-0.25, -0.2) is 0 Å². The van der Waals surface area contributed by atoms with Crippen molar-refractivity contribution >= 4 is 34.8 Å². The van der Waals surface area contributed by atoms with Crippen LogP contribution in [0.4, 0.5) is 5.69 Å². The number of aryl methyl sites for hydroxylation is 1. The quantitative estimate of drug-likeness (QED) is 0.889. The molecule has 104 valence electrons. The van der Waals surface area contributed by atoms with E-state index >= 15 is 0 Å². The van der Waals surface area contributed by atoms with E-state index < -0.39 is 0 Å². The Balaban J connectivity index is 2.05. The van der Waals surface area contributed by atoms with Gasteiger partial charge in [-0.15, -0.1) is 0 Å². The first-order chi connectivity index (χ1) is 8.89. The van der Waals surface area contributed by atoms with Gasteiger partial charge in [0, 0.05) is 17.0 Å². The molecule has 1 aliphatic rings. The SMILES string of the molecule is Cc1cc(Cl)c(NC(=O)CC2(N)CCCC2)cc1Cl. The number of amides is 1. The Kier molecular flexibility index (Phi) is 4.39. The van der Waals surface area contributed by atoms with Crippen molar-refractivity contribution in [1.29, 1.82) is 0 Å². The lowest BCUT2D eigenvalue weighted by molar-refractivity contribution is -0.117. The van der Waals surface area contributed by atoms with Gasteiger partial charge in [0.1, 0.15) is 0 Å². The minimum absolute atomic E-state index is 0.105. The maximum atomic E-state index is 12.0. The summed E-state index contributed by atoms with van der Waals surface area (Å²) in [5.74, 6) is -0.105. The molecule has 0 unspecified atom stereocenters. The minimum atomic E-state index is -0.356. The highest BCUT2D eigenvalue weighted by molar-refractivity contribution is 6.36. The average molecular weight is 301 g/mol. The molecule has 0 atom stereocenters. The summed E-state index contributed by atoms with van der Waals surface area (Å²) < 4.78 is 0. The van der Waals surface area contributed by atoms with E-state index in [9.17, 15) is 4.79 Å². The Bertz CT molecular complexity index is 496. The molecule has 1 saturated carbocycles. The van der Waals surface area contributed by atoms with E-state index in [1.807, 2.05) is 6.92 Å². The lowest BCUT2D eigenvalue weighted by Crippen LogP contribution is -2.40. The molecule has 2 rings (SSSR count). The summed E-state index contributed by atoms with van der Waals surface area (Å²) >= 11 is 12.1. The zero-order valence-corrected chi connectivity index (χ0v) is 12.4. The second kappa shape index (κ2) is 5.70. The standard InChI is InChI=1S/C14H18Cl2N2O/c1-9-6-11(16)12(7-10(9)15)18-13(19)8-14(17)4-2-3-5-14/h6-7H,2-5,8,17H2,1H3,(H,18,19). The van der Waals surface area contributed by atoms with Crippen molar-refractivity contribution in [3.8, 4) is 0 Å². The Morgan fingerprint density at radius 1 is 1.32 bits per heavy atom. The summed E-state index contributed by atoms with van der Waals surface area (Å²) in [5, 5.41) is 3.87. The first-order valence-electron chi connectivity index (χ1n) is 6.44. The fourth-order valence-corrected chi connectivity index (χ4v) is 2.94. The predicted molar refractivity (Wildman–Crippen MR) is 79.8 cm³/mol. The zero-order chi connectivity index (χ0) is 14.0. The molecule has 0 aliphatic heterocycles. The Labute approximate surface area is 123 Å². The maximum absolute atomic E-state index is 12.0. The van der Waals surface area contributed by atoms with Crippen LogP contribution in [0.3, 0.4) is 0 Å². The third kappa shape index (κ3) is 3.62.